The second-order valence-electron chi connectivity index (χ2n) is 8.04. The lowest BCUT2D eigenvalue weighted by Crippen LogP contribution is -2.09. The van der Waals surface area contributed by atoms with E-state index in [-0.39, 0.29) is 12.2 Å². The molecule has 0 aliphatic carbocycles. The fourth-order valence-corrected chi connectivity index (χ4v) is 4.67. The number of hydrogen-bond donors (Lipinski definition) is 0. The van der Waals surface area contributed by atoms with Crippen LogP contribution in [0.4, 0.5) is 0 Å². The van der Waals surface area contributed by atoms with E-state index in [9.17, 15) is 9.59 Å². The zero-order valence-electron chi connectivity index (χ0n) is 19.2. The van der Waals surface area contributed by atoms with Gasteiger partial charge in [-0.15, -0.1) is 0 Å². The number of aromatic nitrogens is 1. The van der Waals surface area contributed by atoms with Crippen LogP contribution in [0.25, 0.3) is 27.4 Å². The van der Waals surface area contributed by atoms with E-state index in [1.165, 1.54) is 0 Å². The highest BCUT2D eigenvalue weighted by molar-refractivity contribution is 6.33. The number of rotatable bonds is 5. The van der Waals surface area contributed by atoms with E-state index < -0.39 is 11.9 Å². The van der Waals surface area contributed by atoms with Crippen molar-refractivity contribution in [1.82, 2.24) is 4.57 Å². The fraction of sp³-hybridized carbons (Fsp3) is 0.103. The molecule has 0 atom stereocenters. The van der Waals surface area contributed by atoms with Crippen LogP contribution in [0.1, 0.15) is 33.3 Å². The summed E-state index contributed by atoms with van der Waals surface area (Å²) in [6.07, 6.45) is 0. The van der Waals surface area contributed by atoms with Gasteiger partial charge in [-0.2, -0.15) is 0 Å². The summed E-state index contributed by atoms with van der Waals surface area (Å²) in [5.41, 5.74) is 3.19. The maximum Gasteiger partial charge on any atom is 0.345 e. The molecule has 6 heteroatoms. The van der Waals surface area contributed by atoms with E-state index in [0.29, 0.717) is 21.7 Å². The standard InChI is InChI=1S/C29H22ClNO4/c1-3-34-29(33)26-18(2)31(19-11-5-4-6-12-19)27-21-14-8-7-13-20(21)25(17-23(26)27)35-28(32)22-15-9-10-16-24(22)30/h4-17H,3H2,1-2H3. The van der Waals surface area contributed by atoms with E-state index >= 15 is 0 Å². The smallest absolute Gasteiger partial charge is 0.345 e. The minimum Gasteiger partial charge on any atom is -0.462 e. The number of benzene rings is 4. The van der Waals surface area contributed by atoms with Crippen molar-refractivity contribution in [3.8, 4) is 11.4 Å². The molecule has 1 aromatic heterocycles. The highest BCUT2D eigenvalue weighted by Gasteiger charge is 2.26. The first-order chi connectivity index (χ1) is 17.0. The Balaban J connectivity index is 1.81. The van der Waals surface area contributed by atoms with Gasteiger partial charge in [0, 0.05) is 27.5 Å². The molecular weight excluding hydrogens is 462 g/mol. The number of hydrogen-bond acceptors (Lipinski definition) is 4. The summed E-state index contributed by atoms with van der Waals surface area (Å²) in [6, 6.07) is 26.0. The van der Waals surface area contributed by atoms with Gasteiger partial charge in [0.25, 0.3) is 0 Å². The molecule has 0 saturated heterocycles. The zero-order valence-corrected chi connectivity index (χ0v) is 20.0. The van der Waals surface area contributed by atoms with Gasteiger partial charge >= 0.3 is 11.9 Å². The van der Waals surface area contributed by atoms with Crippen molar-refractivity contribution in [2.24, 2.45) is 0 Å². The van der Waals surface area contributed by atoms with Gasteiger partial charge in [-0.1, -0.05) is 66.2 Å². The number of fused-ring (bicyclic) bond motifs is 3. The number of halogens is 1. The average molecular weight is 484 g/mol. The van der Waals surface area contributed by atoms with Gasteiger partial charge < -0.3 is 14.0 Å². The summed E-state index contributed by atoms with van der Waals surface area (Å²) >= 11 is 6.23. The molecule has 0 N–H and O–H groups in total. The predicted molar refractivity (Wildman–Crippen MR) is 138 cm³/mol. The second kappa shape index (κ2) is 9.28. The lowest BCUT2D eigenvalue weighted by molar-refractivity contribution is 0.0527. The largest absolute Gasteiger partial charge is 0.462 e. The lowest BCUT2D eigenvalue weighted by Gasteiger charge is -2.13. The Labute approximate surface area is 207 Å². The predicted octanol–water partition coefficient (Wildman–Crippen LogP) is 7.14. The third kappa shape index (κ3) is 3.94. The molecule has 0 unspecified atom stereocenters. The van der Waals surface area contributed by atoms with Gasteiger partial charge in [0.2, 0.25) is 0 Å². The molecule has 0 saturated carbocycles. The van der Waals surface area contributed by atoms with Gasteiger partial charge in [-0.3, -0.25) is 0 Å². The molecule has 5 nitrogen and oxygen atoms in total. The van der Waals surface area contributed by atoms with E-state index in [1.54, 1.807) is 37.3 Å². The van der Waals surface area contributed by atoms with Crippen LogP contribution in [-0.4, -0.2) is 23.1 Å². The van der Waals surface area contributed by atoms with Crippen molar-refractivity contribution in [3.05, 3.63) is 107 Å². The monoisotopic (exact) mass is 483 g/mol. The highest BCUT2D eigenvalue weighted by atomic mass is 35.5. The molecule has 1 heterocycles. The molecule has 0 bridgehead atoms. The highest BCUT2D eigenvalue weighted by Crippen LogP contribution is 2.40. The summed E-state index contributed by atoms with van der Waals surface area (Å²) in [7, 11) is 0. The molecule has 0 fully saturated rings. The molecule has 4 aromatic carbocycles. The Hall–Kier alpha value is -4.09. The molecule has 0 radical (unpaired) electrons. The molecule has 0 spiro atoms. The molecule has 0 amide bonds. The first kappa shape index (κ1) is 22.7. The van der Waals surface area contributed by atoms with E-state index in [4.69, 9.17) is 21.1 Å². The van der Waals surface area contributed by atoms with Crippen LogP contribution in [0.5, 0.6) is 5.75 Å². The van der Waals surface area contributed by atoms with E-state index in [1.807, 2.05) is 66.1 Å². The van der Waals surface area contributed by atoms with Gasteiger partial charge in [0.05, 0.1) is 28.3 Å². The van der Waals surface area contributed by atoms with E-state index in [2.05, 4.69) is 0 Å². The molecule has 174 valence electrons. The van der Waals surface area contributed by atoms with Crippen LogP contribution in [0.15, 0.2) is 84.9 Å². The van der Waals surface area contributed by atoms with Crippen molar-refractivity contribution in [2.45, 2.75) is 13.8 Å². The molecular formula is C29H22ClNO4. The number of para-hydroxylation sites is 1. The average Bonchev–Trinajstić information content (AvgIpc) is 3.17. The third-order valence-corrected chi connectivity index (χ3v) is 6.29. The minimum absolute atomic E-state index is 0.248. The normalized spacial score (nSPS) is 11.1. The zero-order chi connectivity index (χ0) is 24.5. The van der Waals surface area contributed by atoms with E-state index in [0.717, 1.165) is 27.7 Å². The van der Waals surface area contributed by atoms with Gasteiger partial charge in [0.1, 0.15) is 5.75 Å². The Morgan fingerprint density at radius 3 is 2.20 bits per heavy atom. The lowest BCUT2D eigenvalue weighted by atomic mass is 10.0. The van der Waals surface area contributed by atoms with Crippen LogP contribution in [-0.2, 0) is 4.74 Å². The van der Waals surface area contributed by atoms with Gasteiger partial charge in [0.15, 0.2) is 0 Å². The number of nitrogens with zero attached hydrogens (tertiary/aromatic N) is 1. The minimum atomic E-state index is -0.572. The second-order valence-corrected chi connectivity index (χ2v) is 8.44. The topological polar surface area (TPSA) is 57.5 Å². The molecule has 0 aliphatic heterocycles. The van der Waals surface area contributed by atoms with Crippen molar-refractivity contribution in [3.63, 3.8) is 0 Å². The van der Waals surface area contributed by atoms with Crippen LogP contribution < -0.4 is 4.74 Å². The van der Waals surface area contributed by atoms with Crippen LogP contribution >= 0.6 is 11.6 Å². The Morgan fingerprint density at radius 2 is 1.49 bits per heavy atom. The first-order valence-corrected chi connectivity index (χ1v) is 11.6. The van der Waals surface area contributed by atoms with Crippen molar-refractivity contribution < 1.29 is 19.1 Å². The molecule has 35 heavy (non-hydrogen) atoms. The third-order valence-electron chi connectivity index (χ3n) is 5.96. The first-order valence-electron chi connectivity index (χ1n) is 11.3. The van der Waals surface area contributed by atoms with Gasteiger partial charge in [-0.05, 0) is 44.2 Å². The molecule has 5 rings (SSSR count). The SMILES string of the molecule is CCOC(=O)c1c(C)n(-c2ccccc2)c2c1cc(OC(=O)c1ccccc1Cl)c1ccccc12. The fourth-order valence-electron chi connectivity index (χ4n) is 4.46. The number of ether oxygens (including phenoxy) is 2. The van der Waals surface area contributed by atoms with Crippen molar-refractivity contribution in [1.29, 1.82) is 0 Å². The quantitative estimate of drug-likeness (QED) is 0.197. The summed E-state index contributed by atoms with van der Waals surface area (Å²) in [4.78, 5) is 26.1. The summed E-state index contributed by atoms with van der Waals surface area (Å²) in [5, 5.41) is 2.53. The maximum absolute atomic E-state index is 13.1. The summed E-state index contributed by atoms with van der Waals surface area (Å²) < 4.78 is 13.3. The number of carbonyl (C=O) groups excluding carboxylic acids is 2. The molecule has 0 aliphatic rings. The van der Waals surface area contributed by atoms with Crippen molar-refractivity contribution >= 4 is 45.2 Å². The maximum atomic E-state index is 13.1. The summed E-state index contributed by atoms with van der Waals surface area (Å²) in [6.45, 7) is 3.91. The molecule has 5 aromatic rings. The Kier molecular flexibility index (Phi) is 6.01. The van der Waals surface area contributed by atoms with Crippen molar-refractivity contribution in [2.75, 3.05) is 6.61 Å². The van der Waals surface area contributed by atoms with Crippen LogP contribution in [0.2, 0.25) is 5.02 Å². The number of carbonyl (C=O) groups is 2. The summed E-state index contributed by atoms with van der Waals surface area (Å²) in [5.74, 6) is -0.658. The van der Waals surface area contributed by atoms with Crippen LogP contribution in [0.3, 0.4) is 0 Å². The Morgan fingerprint density at radius 1 is 0.829 bits per heavy atom. The number of esters is 2. The van der Waals surface area contributed by atoms with Gasteiger partial charge in [-0.25, -0.2) is 9.59 Å². The van der Waals surface area contributed by atoms with Crippen LogP contribution in [0, 0.1) is 6.92 Å². The Bertz CT molecular complexity index is 1590.